The van der Waals surface area contributed by atoms with Crippen molar-refractivity contribution in [2.24, 2.45) is 5.92 Å². The number of hydrogen-bond donors (Lipinski definition) is 2. The summed E-state index contributed by atoms with van der Waals surface area (Å²) in [5.74, 6) is 0.398. The highest BCUT2D eigenvalue weighted by Gasteiger charge is 2.33. The van der Waals surface area contributed by atoms with Crippen molar-refractivity contribution in [3.8, 4) is 0 Å². The van der Waals surface area contributed by atoms with Crippen LogP contribution in [0.15, 0.2) is 72.8 Å². The van der Waals surface area contributed by atoms with Crippen LogP contribution in [0.2, 0.25) is 0 Å². The third-order valence-corrected chi connectivity index (χ3v) is 7.84. The monoisotopic (exact) mass is 514 g/mol. The van der Waals surface area contributed by atoms with Crippen LogP contribution in [0.25, 0.3) is 10.8 Å². The molecule has 1 heterocycles. The van der Waals surface area contributed by atoms with Crippen molar-refractivity contribution in [2.45, 2.75) is 44.2 Å². The second-order valence-electron chi connectivity index (χ2n) is 10.9. The summed E-state index contributed by atoms with van der Waals surface area (Å²) in [4.78, 5) is 31.6. The number of nitrogens with zero attached hydrogens (tertiary/aromatic N) is 2. The van der Waals surface area contributed by atoms with Crippen LogP contribution in [0.4, 0.5) is 0 Å². The first-order chi connectivity index (χ1) is 18.4. The van der Waals surface area contributed by atoms with Crippen molar-refractivity contribution < 1.29 is 9.59 Å². The fraction of sp³-hybridized carbons (Fsp3) is 0.438. The van der Waals surface area contributed by atoms with Gasteiger partial charge in [-0.25, -0.2) is 0 Å². The van der Waals surface area contributed by atoms with Gasteiger partial charge >= 0.3 is 0 Å². The molecule has 3 unspecified atom stereocenters. The molecule has 2 amide bonds. The lowest BCUT2D eigenvalue weighted by Crippen LogP contribution is -2.56. The molecule has 1 saturated heterocycles. The summed E-state index contributed by atoms with van der Waals surface area (Å²) in [5.41, 5.74) is 2.13. The minimum absolute atomic E-state index is 0.0127. The Kier molecular flexibility index (Phi) is 9.53. The molecule has 0 saturated carbocycles. The number of nitrogens with one attached hydrogen (secondary N) is 2. The topological polar surface area (TPSA) is 64.7 Å². The molecule has 1 aliphatic heterocycles. The van der Waals surface area contributed by atoms with E-state index < -0.39 is 12.1 Å². The van der Waals surface area contributed by atoms with Gasteiger partial charge in [-0.2, -0.15) is 0 Å². The van der Waals surface area contributed by atoms with Crippen LogP contribution in [0, 0.1) is 5.92 Å². The van der Waals surface area contributed by atoms with E-state index in [-0.39, 0.29) is 17.7 Å². The number of piperidine rings is 1. The van der Waals surface area contributed by atoms with E-state index >= 15 is 0 Å². The van der Waals surface area contributed by atoms with Crippen LogP contribution in [-0.2, 0) is 16.0 Å². The third-order valence-electron chi connectivity index (χ3n) is 7.84. The summed E-state index contributed by atoms with van der Waals surface area (Å²) in [6.45, 7) is 4.58. The van der Waals surface area contributed by atoms with Gasteiger partial charge in [-0.05, 0) is 61.8 Å². The highest BCUT2D eigenvalue weighted by atomic mass is 16.2. The van der Waals surface area contributed by atoms with Gasteiger partial charge in [-0.1, -0.05) is 79.7 Å². The van der Waals surface area contributed by atoms with Crippen molar-refractivity contribution in [3.05, 3.63) is 83.9 Å². The zero-order chi connectivity index (χ0) is 27.1. The largest absolute Gasteiger partial charge is 0.343 e. The standard InChI is InChI=1S/C32H42N4O2/c1-23(27-15-14-26-12-8-9-13-28(26)21-27)30(33-2)31(37)34-29(20-24-10-6-5-7-11-24)32(38)36-18-16-25(17-19-36)22-35(3)4/h5-15,21,23,25,29-30,33H,16-20,22H2,1-4H3,(H,34,37). The molecule has 3 atom stereocenters. The predicted molar refractivity (Wildman–Crippen MR) is 155 cm³/mol. The maximum atomic E-state index is 13.7. The zero-order valence-corrected chi connectivity index (χ0v) is 23.2. The molecule has 6 heteroatoms. The number of likely N-dealkylation sites (tertiary alicyclic amines) is 1. The van der Waals surface area contributed by atoms with Crippen LogP contribution in [0.3, 0.4) is 0 Å². The highest BCUT2D eigenvalue weighted by Crippen LogP contribution is 2.25. The Morgan fingerprint density at radius 3 is 2.26 bits per heavy atom. The van der Waals surface area contributed by atoms with Gasteiger partial charge in [-0.3, -0.25) is 9.59 Å². The second-order valence-corrected chi connectivity index (χ2v) is 10.9. The van der Waals surface area contributed by atoms with Crippen molar-refractivity contribution in [1.82, 2.24) is 20.4 Å². The molecule has 0 radical (unpaired) electrons. The van der Waals surface area contributed by atoms with Gasteiger partial charge in [0.15, 0.2) is 0 Å². The van der Waals surface area contributed by atoms with E-state index in [2.05, 4.69) is 66.9 Å². The van der Waals surface area contributed by atoms with Gasteiger partial charge in [0, 0.05) is 32.0 Å². The maximum absolute atomic E-state index is 13.7. The number of carbonyl (C=O) groups excluding carboxylic acids is 2. The third kappa shape index (κ3) is 7.00. The first-order valence-electron chi connectivity index (χ1n) is 13.8. The molecule has 202 valence electrons. The van der Waals surface area contributed by atoms with Crippen LogP contribution in [0.1, 0.15) is 36.8 Å². The van der Waals surface area contributed by atoms with Crippen LogP contribution in [0.5, 0.6) is 0 Å². The average molecular weight is 515 g/mol. The molecule has 4 rings (SSSR count). The van der Waals surface area contributed by atoms with Gasteiger partial charge in [0.25, 0.3) is 0 Å². The Balaban J connectivity index is 1.49. The molecule has 6 nitrogen and oxygen atoms in total. The van der Waals surface area contributed by atoms with Crippen molar-refractivity contribution in [3.63, 3.8) is 0 Å². The van der Waals surface area contributed by atoms with Gasteiger partial charge in [-0.15, -0.1) is 0 Å². The molecule has 0 bridgehead atoms. The Morgan fingerprint density at radius 2 is 1.61 bits per heavy atom. The lowest BCUT2D eigenvalue weighted by atomic mass is 9.90. The molecule has 0 spiro atoms. The van der Waals surface area contributed by atoms with E-state index in [1.807, 2.05) is 54.4 Å². The van der Waals surface area contributed by atoms with E-state index in [0.717, 1.165) is 49.0 Å². The number of hydrogen-bond acceptors (Lipinski definition) is 4. The van der Waals surface area contributed by atoms with Crippen LogP contribution in [-0.4, -0.2) is 74.5 Å². The minimum Gasteiger partial charge on any atom is -0.343 e. The molecule has 1 fully saturated rings. The van der Waals surface area contributed by atoms with Gasteiger partial charge < -0.3 is 20.4 Å². The summed E-state index contributed by atoms with van der Waals surface area (Å²) >= 11 is 0. The van der Waals surface area contributed by atoms with Crippen molar-refractivity contribution in [2.75, 3.05) is 40.8 Å². The Labute approximate surface area is 227 Å². The molecule has 0 aliphatic carbocycles. The smallest absolute Gasteiger partial charge is 0.245 e. The Hall–Kier alpha value is -3.22. The summed E-state index contributed by atoms with van der Waals surface area (Å²) in [5, 5.41) is 8.69. The molecule has 3 aromatic rings. The molecule has 0 aromatic heterocycles. The van der Waals surface area contributed by atoms with Gasteiger partial charge in [0.05, 0.1) is 6.04 Å². The summed E-state index contributed by atoms with van der Waals surface area (Å²) < 4.78 is 0. The zero-order valence-electron chi connectivity index (χ0n) is 23.2. The predicted octanol–water partition coefficient (Wildman–Crippen LogP) is 4.06. The molecular formula is C32H42N4O2. The molecule has 3 aromatic carbocycles. The van der Waals surface area contributed by atoms with E-state index in [1.165, 1.54) is 5.39 Å². The number of rotatable bonds is 10. The minimum atomic E-state index is -0.602. The number of benzene rings is 3. The second kappa shape index (κ2) is 13.0. The highest BCUT2D eigenvalue weighted by molar-refractivity contribution is 5.91. The quantitative estimate of drug-likeness (QED) is 0.428. The van der Waals surface area contributed by atoms with Gasteiger partial charge in [0.2, 0.25) is 11.8 Å². The molecule has 1 aliphatic rings. The summed E-state index contributed by atoms with van der Waals surface area (Å²) in [6, 6.07) is 23.5. The number of carbonyl (C=O) groups is 2. The van der Waals surface area contributed by atoms with Crippen molar-refractivity contribution in [1.29, 1.82) is 0 Å². The first-order valence-corrected chi connectivity index (χ1v) is 13.8. The molecule has 38 heavy (non-hydrogen) atoms. The lowest BCUT2D eigenvalue weighted by molar-refractivity contribution is -0.138. The van der Waals surface area contributed by atoms with Gasteiger partial charge in [0.1, 0.15) is 6.04 Å². The Bertz CT molecular complexity index is 1200. The van der Waals surface area contributed by atoms with Crippen LogP contribution < -0.4 is 10.6 Å². The van der Waals surface area contributed by atoms with E-state index in [0.29, 0.717) is 12.3 Å². The van der Waals surface area contributed by atoms with Crippen LogP contribution >= 0.6 is 0 Å². The summed E-state index contributed by atoms with van der Waals surface area (Å²) in [7, 11) is 6.01. The molecular weight excluding hydrogens is 472 g/mol. The normalized spacial score (nSPS) is 16.8. The summed E-state index contributed by atoms with van der Waals surface area (Å²) in [6.07, 6.45) is 2.46. The average Bonchev–Trinajstić information content (AvgIpc) is 2.93. The van der Waals surface area contributed by atoms with E-state index in [9.17, 15) is 9.59 Å². The van der Waals surface area contributed by atoms with E-state index in [4.69, 9.17) is 0 Å². The molecule has 2 N–H and O–H groups in total. The number of likely N-dealkylation sites (N-methyl/N-ethyl adjacent to an activating group) is 1. The lowest BCUT2D eigenvalue weighted by Gasteiger charge is -2.36. The first kappa shape index (κ1) is 27.8. The fourth-order valence-corrected chi connectivity index (χ4v) is 5.68. The number of fused-ring (bicyclic) bond motifs is 1. The SMILES string of the molecule is CNC(C(=O)NC(Cc1ccccc1)C(=O)N1CCC(CN(C)C)CC1)C(C)c1ccc2ccccc2c1. The van der Waals surface area contributed by atoms with E-state index in [1.54, 1.807) is 0 Å². The Morgan fingerprint density at radius 1 is 0.947 bits per heavy atom. The maximum Gasteiger partial charge on any atom is 0.245 e. The van der Waals surface area contributed by atoms with Crippen molar-refractivity contribution >= 4 is 22.6 Å². The number of amides is 2. The fourth-order valence-electron chi connectivity index (χ4n) is 5.68.